The lowest BCUT2D eigenvalue weighted by atomic mass is 10.1. The summed E-state index contributed by atoms with van der Waals surface area (Å²) in [4.78, 5) is 13.7. The molecule has 5 nitrogen and oxygen atoms in total. The van der Waals surface area contributed by atoms with E-state index in [9.17, 15) is 4.79 Å². The molecule has 112 valence electrons. The maximum Gasteiger partial charge on any atom is 0.238 e. The molecule has 1 aliphatic heterocycles. The number of nitrogens with one attached hydrogen (secondary N) is 1. The number of anilines is 1. The summed E-state index contributed by atoms with van der Waals surface area (Å²) < 4.78 is 5.72. The van der Waals surface area contributed by atoms with Crippen LogP contribution in [0, 0.1) is 11.3 Å². The number of hydrogen-bond donors (Lipinski definition) is 1. The van der Waals surface area contributed by atoms with Crippen LogP contribution in [0.5, 0.6) is 0 Å². The molecule has 0 aromatic heterocycles. The summed E-state index contributed by atoms with van der Waals surface area (Å²) in [5, 5.41) is 11.2. The molecule has 0 bridgehead atoms. The molecule has 2 atom stereocenters. The van der Waals surface area contributed by atoms with Gasteiger partial charge in [-0.2, -0.15) is 5.26 Å². The number of amides is 1. The van der Waals surface area contributed by atoms with Gasteiger partial charge in [0, 0.05) is 25.3 Å². The fourth-order valence-electron chi connectivity index (χ4n) is 2.64. The van der Waals surface area contributed by atoms with Crippen LogP contribution >= 0.6 is 0 Å². The highest BCUT2D eigenvalue weighted by Gasteiger charge is 2.21. The maximum absolute atomic E-state index is 11.3. The zero-order valence-corrected chi connectivity index (χ0v) is 12.5. The number of carbonyl (C=O) groups excluding carboxylic acids is 1. The molecule has 0 radical (unpaired) electrons. The number of ether oxygens (including phenoxy) is 1. The molecule has 1 saturated heterocycles. The number of morpholine rings is 1. The number of carbonyl (C=O) groups is 1. The molecule has 1 aliphatic rings. The molecule has 1 fully saturated rings. The number of nitrogens with zero attached hydrogens (tertiary/aromatic N) is 2. The van der Waals surface area contributed by atoms with Crippen LogP contribution in [0.25, 0.3) is 0 Å². The average Bonchev–Trinajstić information content (AvgIpc) is 2.40. The van der Waals surface area contributed by atoms with Crippen molar-refractivity contribution in [2.45, 2.75) is 39.0 Å². The van der Waals surface area contributed by atoms with E-state index in [1.165, 1.54) is 5.56 Å². The van der Waals surface area contributed by atoms with Crippen LogP contribution in [0.1, 0.15) is 25.8 Å². The highest BCUT2D eigenvalue weighted by Crippen LogP contribution is 2.16. The van der Waals surface area contributed by atoms with Gasteiger partial charge in [-0.3, -0.25) is 9.69 Å². The van der Waals surface area contributed by atoms with Gasteiger partial charge in [0.2, 0.25) is 5.91 Å². The van der Waals surface area contributed by atoms with Crippen LogP contribution in [0.15, 0.2) is 24.3 Å². The van der Waals surface area contributed by atoms with Crippen LogP contribution in [0.3, 0.4) is 0 Å². The second-order valence-electron chi connectivity index (χ2n) is 5.53. The molecule has 21 heavy (non-hydrogen) atoms. The molecular formula is C16H21N3O2. The Morgan fingerprint density at radius 2 is 1.95 bits per heavy atom. The molecule has 0 aliphatic carbocycles. The fraction of sp³-hybridized carbons (Fsp3) is 0.500. The third-order valence-electron chi connectivity index (χ3n) is 3.38. The summed E-state index contributed by atoms with van der Waals surface area (Å²) in [5.41, 5.74) is 1.93. The molecule has 1 aromatic rings. The van der Waals surface area contributed by atoms with Crippen LogP contribution in [0.2, 0.25) is 0 Å². The first-order valence-electron chi connectivity index (χ1n) is 7.20. The Morgan fingerprint density at radius 1 is 1.33 bits per heavy atom. The van der Waals surface area contributed by atoms with E-state index in [1.54, 1.807) is 0 Å². The van der Waals surface area contributed by atoms with Crippen molar-refractivity contribution < 1.29 is 9.53 Å². The zero-order chi connectivity index (χ0) is 15.2. The van der Waals surface area contributed by atoms with Gasteiger partial charge in [0.15, 0.2) is 0 Å². The van der Waals surface area contributed by atoms with E-state index in [0.717, 1.165) is 25.3 Å². The minimum absolute atomic E-state index is 0.120. The number of hydrogen-bond acceptors (Lipinski definition) is 4. The summed E-state index contributed by atoms with van der Waals surface area (Å²) >= 11 is 0. The third kappa shape index (κ3) is 4.85. The first-order valence-corrected chi connectivity index (χ1v) is 7.20. The molecule has 0 spiro atoms. The van der Waals surface area contributed by atoms with Gasteiger partial charge in [-0.25, -0.2) is 0 Å². The monoisotopic (exact) mass is 287 g/mol. The van der Waals surface area contributed by atoms with Gasteiger partial charge in [0.1, 0.15) is 6.42 Å². The standard InChI is InChI=1S/C16H21N3O2/c1-12-9-19(10-13(2)21-12)11-14-3-5-15(6-4-14)18-16(20)7-8-17/h3-6,12-13H,7,9-11H2,1-2H3,(H,18,20). The average molecular weight is 287 g/mol. The van der Waals surface area contributed by atoms with Gasteiger partial charge >= 0.3 is 0 Å². The number of benzene rings is 1. The van der Waals surface area contributed by atoms with Gasteiger partial charge < -0.3 is 10.1 Å². The molecule has 2 unspecified atom stereocenters. The largest absolute Gasteiger partial charge is 0.373 e. The Hall–Kier alpha value is -1.90. The highest BCUT2D eigenvalue weighted by molar-refractivity contribution is 5.91. The van der Waals surface area contributed by atoms with Crippen molar-refractivity contribution in [2.24, 2.45) is 0 Å². The maximum atomic E-state index is 11.3. The van der Waals surface area contributed by atoms with E-state index in [2.05, 4.69) is 24.1 Å². The van der Waals surface area contributed by atoms with Gasteiger partial charge in [-0.05, 0) is 31.5 Å². The first-order chi connectivity index (χ1) is 10.1. The molecule has 2 rings (SSSR count). The van der Waals surface area contributed by atoms with Gasteiger partial charge in [0.05, 0.1) is 18.3 Å². The van der Waals surface area contributed by atoms with E-state index in [0.29, 0.717) is 0 Å². The fourth-order valence-corrected chi connectivity index (χ4v) is 2.64. The van der Waals surface area contributed by atoms with Crippen LogP contribution < -0.4 is 5.32 Å². The normalized spacial score (nSPS) is 22.5. The predicted molar refractivity (Wildman–Crippen MR) is 80.6 cm³/mol. The minimum Gasteiger partial charge on any atom is -0.373 e. The SMILES string of the molecule is CC1CN(Cc2ccc(NC(=O)CC#N)cc2)CC(C)O1. The van der Waals surface area contributed by atoms with Crippen molar-refractivity contribution >= 4 is 11.6 Å². The second kappa shape index (κ2) is 7.21. The lowest BCUT2D eigenvalue weighted by Gasteiger charge is -2.35. The Bertz CT molecular complexity index is 511. The lowest BCUT2D eigenvalue weighted by Crippen LogP contribution is -2.44. The van der Waals surface area contributed by atoms with Crippen molar-refractivity contribution in [1.29, 1.82) is 5.26 Å². The molecule has 1 N–H and O–H groups in total. The molecule has 1 aromatic carbocycles. The molecular weight excluding hydrogens is 266 g/mol. The van der Waals surface area contributed by atoms with Crippen LogP contribution in [-0.2, 0) is 16.1 Å². The minimum atomic E-state index is -0.277. The van der Waals surface area contributed by atoms with Gasteiger partial charge in [-0.1, -0.05) is 12.1 Å². The van der Waals surface area contributed by atoms with Crippen LogP contribution in [0.4, 0.5) is 5.69 Å². The van der Waals surface area contributed by atoms with Crippen LogP contribution in [-0.4, -0.2) is 36.1 Å². The first kappa shape index (κ1) is 15.5. The van der Waals surface area contributed by atoms with E-state index in [-0.39, 0.29) is 24.5 Å². The summed E-state index contributed by atoms with van der Waals surface area (Å²) in [7, 11) is 0. The van der Waals surface area contributed by atoms with Gasteiger partial charge in [0.25, 0.3) is 0 Å². The molecule has 1 amide bonds. The van der Waals surface area contributed by atoms with Crippen molar-refractivity contribution in [3.8, 4) is 6.07 Å². The van der Waals surface area contributed by atoms with E-state index < -0.39 is 0 Å². The summed E-state index contributed by atoms with van der Waals surface area (Å²) in [6.45, 7) is 6.94. The van der Waals surface area contributed by atoms with Crippen molar-refractivity contribution in [3.63, 3.8) is 0 Å². The number of nitriles is 1. The van der Waals surface area contributed by atoms with Gasteiger partial charge in [-0.15, -0.1) is 0 Å². The summed E-state index contributed by atoms with van der Waals surface area (Å²) in [5.74, 6) is -0.277. The van der Waals surface area contributed by atoms with E-state index in [4.69, 9.17) is 10.00 Å². The van der Waals surface area contributed by atoms with Crippen molar-refractivity contribution in [1.82, 2.24) is 4.90 Å². The van der Waals surface area contributed by atoms with E-state index >= 15 is 0 Å². The summed E-state index contributed by atoms with van der Waals surface area (Å²) in [6, 6.07) is 9.59. The molecule has 1 heterocycles. The smallest absolute Gasteiger partial charge is 0.238 e. The van der Waals surface area contributed by atoms with Crippen molar-refractivity contribution in [3.05, 3.63) is 29.8 Å². The lowest BCUT2D eigenvalue weighted by molar-refractivity contribution is -0.115. The Morgan fingerprint density at radius 3 is 2.52 bits per heavy atom. The number of rotatable bonds is 4. The Balaban J connectivity index is 1.90. The Labute approximate surface area is 125 Å². The topological polar surface area (TPSA) is 65.4 Å². The molecule has 5 heteroatoms. The quantitative estimate of drug-likeness (QED) is 0.921. The highest BCUT2D eigenvalue weighted by atomic mass is 16.5. The molecule has 0 saturated carbocycles. The summed E-state index contributed by atoms with van der Waals surface area (Å²) in [6.07, 6.45) is 0.405. The Kier molecular flexibility index (Phi) is 5.32. The predicted octanol–water partition coefficient (Wildman–Crippen LogP) is 2.15. The second-order valence-corrected chi connectivity index (χ2v) is 5.53. The third-order valence-corrected chi connectivity index (χ3v) is 3.38. The van der Waals surface area contributed by atoms with E-state index in [1.807, 2.05) is 30.3 Å². The van der Waals surface area contributed by atoms with Crippen molar-refractivity contribution in [2.75, 3.05) is 18.4 Å². The zero-order valence-electron chi connectivity index (χ0n) is 12.5.